The molecule has 0 fully saturated rings. The van der Waals surface area contributed by atoms with Crippen molar-refractivity contribution >= 4 is 11.4 Å². The molecule has 0 radical (unpaired) electrons. The van der Waals surface area contributed by atoms with Crippen LogP contribution in [0.25, 0.3) is 0 Å². The van der Waals surface area contributed by atoms with E-state index in [1.807, 2.05) is 0 Å². The molecule has 1 aliphatic rings. The highest BCUT2D eigenvalue weighted by Gasteiger charge is 2.62. The molecule has 1 unspecified atom stereocenters. The fourth-order valence-corrected chi connectivity index (χ4v) is 2.56. The van der Waals surface area contributed by atoms with Gasteiger partial charge in [0.1, 0.15) is 17.0 Å². The van der Waals surface area contributed by atoms with Gasteiger partial charge in [0.2, 0.25) is 0 Å². The van der Waals surface area contributed by atoms with Gasteiger partial charge < -0.3 is 20.0 Å². The van der Waals surface area contributed by atoms with Gasteiger partial charge >= 0.3 is 0 Å². The van der Waals surface area contributed by atoms with Gasteiger partial charge in [0.05, 0.1) is 0 Å². The van der Waals surface area contributed by atoms with Gasteiger partial charge in [-0.2, -0.15) is 4.74 Å². The van der Waals surface area contributed by atoms with E-state index in [1.165, 1.54) is 13.8 Å². The molecule has 0 spiro atoms. The molecule has 110 valence electrons. The summed E-state index contributed by atoms with van der Waals surface area (Å²) in [5.74, 6) is 1.05. The van der Waals surface area contributed by atoms with E-state index in [9.17, 15) is 10.4 Å². The summed E-state index contributed by atoms with van der Waals surface area (Å²) in [6.07, 6.45) is 0. The maximum Gasteiger partial charge on any atom is 0.290 e. The van der Waals surface area contributed by atoms with Crippen LogP contribution in [0.2, 0.25) is 0 Å². The molecule has 2 rings (SSSR count). The van der Waals surface area contributed by atoms with E-state index in [2.05, 4.69) is 5.16 Å². The third-order valence-corrected chi connectivity index (χ3v) is 3.93. The molecule has 0 aromatic carbocycles. The lowest BCUT2D eigenvalue weighted by molar-refractivity contribution is -0.560. The lowest BCUT2D eigenvalue weighted by atomic mass is 9.96. The van der Waals surface area contributed by atoms with Crippen molar-refractivity contribution in [2.75, 3.05) is 0 Å². The Morgan fingerprint density at radius 2 is 2.00 bits per heavy atom. The summed E-state index contributed by atoms with van der Waals surface area (Å²) in [6.45, 7) is 8.12. The quantitative estimate of drug-likeness (QED) is 0.284. The van der Waals surface area contributed by atoms with Crippen LogP contribution in [0.4, 0.5) is 0 Å². The van der Waals surface area contributed by atoms with Crippen LogP contribution in [0.3, 0.4) is 0 Å². The summed E-state index contributed by atoms with van der Waals surface area (Å²) in [5.41, 5.74) is -2.12. The molecule has 2 N–H and O–H groups in total. The Balaban J connectivity index is 2.70. The first-order chi connectivity index (χ1) is 9.17. The highest BCUT2D eigenvalue weighted by Crippen LogP contribution is 2.36. The Kier molecular flexibility index (Phi) is 3.14. The van der Waals surface area contributed by atoms with E-state index in [0.717, 1.165) is 5.06 Å². The zero-order valence-electron chi connectivity index (χ0n) is 12.2. The summed E-state index contributed by atoms with van der Waals surface area (Å²) in [4.78, 5) is 0. The van der Waals surface area contributed by atoms with Crippen molar-refractivity contribution in [3.63, 3.8) is 0 Å². The van der Waals surface area contributed by atoms with Crippen molar-refractivity contribution in [1.29, 1.82) is 0 Å². The summed E-state index contributed by atoms with van der Waals surface area (Å²) in [5, 5.41) is 36.0. The van der Waals surface area contributed by atoms with Crippen LogP contribution in [0, 0.1) is 12.1 Å². The zero-order valence-corrected chi connectivity index (χ0v) is 12.2. The highest BCUT2D eigenvalue weighted by atomic mass is 16.6. The van der Waals surface area contributed by atoms with Crippen molar-refractivity contribution in [3.8, 4) is 0 Å². The number of aryl methyl sites for hydroxylation is 1. The van der Waals surface area contributed by atoms with Gasteiger partial charge in [-0.1, -0.05) is 5.16 Å². The van der Waals surface area contributed by atoms with Crippen molar-refractivity contribution in [2.24, 2.45) is 5.16 Å². The molecule has 1 aromatic rings. The van der Waals surface area contributed by atoms with Gasteiger partial charge in [0.15, 0.2) is 5.76 Å². The normalized spacial score (nSPS) is 27.4. The van der Waals surface area contributed by atoms with Crippen LogP contribution < -0.4 is 0 Å². The molecule has 20 heavy (non-hydrogen) atoms. The molecule has 0 saturated carbocycles. The van der Waals surface area contributed by atoms with Gasteiger partial charge in [0, 0.05) is 6.92 Å². The predicted octanol–water partition coefficient (Wildman–Crippen LogP) is 1.94. The molecule has 1 aliphatic heterocycles. The first kappa shape index (κ1) is 14.5. The molecule has 7 heteroatoms. The number of furan rings is 1. The van der Waals surface area contributed by atoms with Crippen LogP contribution in [-0.4, -0.2) is 42.8 Å². The molecule has 1 atom stereocenters. The van der Waals surface area contributed by atoms with E-state index in [0.29, 0.717) is 16.3 Å². The maximum absolute atomic E-state index is 12.7. The molecule has 2 heterocycles. The smallest absolute Gasteiger partial charge is 0.290 e. The second-order valence-corrected chi connectivity index (χ2v) is 5.63. The first-order valence-corrected chi connectivity index (χ1v) is 6.27. The summed E-state index contributed by atoms with van der Waals surface area (Å²) < 4.78 is 6.13. The minimum absolute atomic E-state index is 0.0846. The van der Waals surface area contributed by atoms with Crippen LogP contribution in [-0.2, 0) is 0 Å². The zero-order chi connectivity index (χ0) is 15.3. The van der Waals surface area contributed by atoms with Crippen LogP contribution >= 0.6 is 0 Å². The first-order valence-electron chi connectivity index (χ1n) is 6.27. The second-order valence-electron chi connectivity index (χ2n) is 5.63. The average Bonchev–Trinajstić information content (AvgIpc) is 2.85. The number of hydroxylamine groups is 3. The molecule has 0 saturated heterocycles. The van der Waals surface area contributed by atoms with E-state index in [1.54, 1.807) is 32.9 Å². The number of rotatable bonds is 2. The van der Waals surface area contributed by atoms with Crippen molar-refractivity contribution in [3.05, 3.63) is 28.9 Å². The number of hydrogen-bond donors (Lipinski definition) is 2. The summed E-state index contributed by atoms with van der Waals surface area (Å²) >= 11 is 0. The fourth-order valence-electron chi connectivity index (χ4n) is 2.56. The third kappa shape index (κ3) is 1.66. The van der Waals surface area contributed by atoms with Crippen molar-refractivity contribution < 1.29 is 19.6 Å². The molecule has 7 nitrogen and oxygen atoms in total. The van der Waals surface area contributed by atoms with Gasteiger partial charge in [-0.25, -0.2) is 0 Å². The number of hydrogen-bond acceptors (Lipinski definition) is 6. The van der Waals surface area contributed by atoms with E-state index >= 15 is 0 Å². The largest absolute Gasteiger partial charge is 0.622 e. The van der Waals surface area contributed by atoms with Gasteiger partial charge in [0.25, 0.3) is 11.4 Å². The monoisotopic (exact) mass is 281 g/mol. The van der Waals surface area contributed by atoms with Gasteiger partial charge in [-0.05, 0) is 39.8 Å². The second kappa shape index (κ2) is 4.32. The summed E-state index contributed by atoms with van der Waals surface area (Å²) in [7, 11) is 0. The standard InChI is InChI=1S/C13H19N3O4/c1-8-6-7-10(20-8)11-12(3,4)16(19)13(5,15(11)18)9(2)14-17/h6-7,17,19H,1-5H3/b14-9+. The van der Waals surface area contributed by atoms with Crippen LogP contribution in [0.15, 0.2) is 21.7 Å². The van der Waals surface area contributed by atoms with E-state index in [-0.39, 0.29) is 11.4 Å². The van der Waals surface area contributed by atoms with Crippen molar-refractivity contribution in [1.82, 2.24) is 5.06 Å². The topological polar surface area (TPSA) is 95.3 Å². The van der Waals surface area contributed by atoms with Gasteiger partial charge in [-0.3, -0.25) is 0 Å². The minimum Gasteiger partial charge on any atom is -0.622 e. The van der Waals surface area contributed by atoms with Crippen molar-refractivity contribution in [2.45, 2.75) is 45.8 Å². The molecular formula is C13H19N3O4. The minimum atomic E-state index is -1.49. The Bertz CT molecular complexity index is 603. The molecular weight excluding hydrogens is 262 g/mol. The molecule has 1 aromatic heterocycles. The Morgan fingerprint density at radius 3 is 2.45 bits per heavy atom. The highest BCUT2D eigenvalue weighted by molar-refractivity contribution is 6.04. The molecule has 0 amide bonds. The number of oxime groups is 1. The number of nitrogens with zero attached hydrogens (tertiary/aromatic N) is 3. The Labute approximate surface area is 117 Å². The lowest BCUT2D eigenvalue weighted by Gasteiger charge is -2.31. The lowest BCUT2D eigenvalue weighted by Crippen LogP contribution is -2.57. The van der Waals surface area contributed by atoms with Gasteiger partial charge in [-0.15, -0.1) is 5.06 Å². The SMILES string of the molecule is C/C(=N\O)C1(C)N(O)C(C)(C)C(c2ccc(C)o2)=[N+]1[O-]. The Morgan fingerprint density at radius 1 is 1.40 bits per heavy atom. The fraction of sp³-hybridized carbons (Fsp3) is 0.538. The van der Waals surface area contributed by atoms with Crippen LogP contribution in [0.5, 0.6) is 0 Å². The summed E-state index contributed by atoms with van der Waals surface area (Å²) in [6, 6.07) is 3.43. The van der Waals surface area contributed by atoms with E-state index in [4.69, 9.17) is 9.62 Å². The average molecular weight is 281 g/mol. The predicted molar refractivity (Wildman–Crippen MR) is 72.2 cm³/mol. The van der Waals surface area contributed by atoms with Crippen LogP contribution in [0.1, 0.15) is 39.2 Å². The molecule has 0 aliphatic carbocycles. The Hall–Kier alpha value is -1.86. The maximum atomic E-state index is 12.7. The third-order valence-electron chi connectivity index (χ3n) is 3.93. The molecule has 0 bridgehead atoms. The van der Waals surface area contributed by atoms with E-state index < -0.39 is 11.2 Å².